The zero-order chi connectivity index (χ0) is 22.7. The van der Waals surface area contributed by atoms with Gasteiger partial charge in [-0.1, -0.05) is 22.9 Å². The van der Waals surface area contributed by atoms with Crippen LogP contribution in [0.15, 0.2) is 47.6 Å². The molecule has 0 aliphatic heterocycles. The molecule has 8 nitrogen and oxygen atoms in total. The van der Waals surface area contributed by atoms with Crippen molar-refractivity contribution in [2.45, 2.75) is 13.3 Å². The van der Waals surface area contributed by atoms with Crippen LogP contribution in [0.2, 0.25) is 0 Å². The summed E-state index contributed by atoms with van der Waals surface area (Å²) in [6.07, 6.45) is 2.00. The number of nitrogens with zero attached hydrogens (tertiary/aromatic N) is 3. The average Bonchev–Trinajstić information content (AvgIpc) is 2.74. The average molecular weight is 618 g/mol. The van der Waals surface area contributed by atoms with Crippen molar-refractivity contribution in [3.05, 3.63) is 59.4 Å². The fraction of sp³-hybridized carbons (Fsp3) is 0.200. The summed E-state index contributed by atoms with van der Waals surface area (Å²) in [5.74, 6) is -0.0590. The van der Waals surface area contributed by atoms with Crippen LogP contribution in [0.25, 0.3) is 10.9 Å². The molecule has 3 aromatic rings. The maximum absolute atomic E-state index is 13.0. The van der Waals surface area contributed by atoms with Gasteiger partial charge in [0, 0.05) is 20.9 Å². The van der Waals surface area contributed by atoms with Crippen LogP contribution in [0.4, 0.5) is 0 Å². The van der Waals surface area contributed by atoms with Crippen LogP contribution in [-0.4, -0.2) is 40.7 Å². The highest BCUT2D eigenvalue weighted by Gasteiger charge is 2.18. The smallest absolute Gasteiger partial charge is 0.341 e. The number of aliphatic carboxylic acids is 1. The predicted molar refractivity (Wildman–Crippen MR) is 128 cm³/mol. The highest BCUT2D eigenvalue weighted by atomic mass is 79.9. The molecule has 0 spiro atoms. The zero-order valence-electron chi connectivity index (χ0n) is 16.4. The van der Waals surface area contributed by atoms with Gasteiger partial charge in [0.15, 0.2) is 18.1 Å². The van der Waals surface area contributed by atoms with E-state index in [9.17, 15) is 9.59 Å². The summed E-state index contributed by atoms with van der Waals surface area (Å²) in [4.78, 5) is 28.4. The molecular formula is C20H16Br3N3O5. The van der Waals surface area contributed by atoms with E-state index in [1.807, 2.05) is 13.0 Å². The molecule has 162 valence electrons. The minimum atomic E-state index is -1.11. The van der Waals surface area contributed by atoms with Gasteiger partial charge in [0.25, 0.3) is 5.56 Å². The van der Waals surface area contributed by atoms with Gasteiger partial charge >= 0.3 is 5.97 Å². The van der Waals surface area contributed by atoms with Gasteiger partial charge in [-0.3, -0.25) is 4.79 Å². The third-order valence-corrected chi connectivity index (χ3v) is 6.86. The largest absolute Gasteiger partial charge is 0.493 e. The van der Waals surface area contributed by atoms with E-state index in [2.05, 4.69) is 57.9 Å². The zero-order valence-corrected chi connectivity index (χ0v) is 21.1. The molecule has 1 N–H and O–H groups in total. The predicted octanol–water partition coefficient (Wildman–Crippen LogP) is 4.60. The Labute approximate surface area is 202 Å². The second kappa shape index (κ2) is 9.92. The molecule has 11 heteroatoms. The minimum Gasteiger partial charge on any atom is -0.493 e. The summed E-state index contributed by atoms with van der Waals surface area (Å²) < 4.78 is 13.7. The highest BCUT2D eigenvalue weighted by Crippen LogP contribution is 2.42. The Morgan fingerprint density at radius 3 is 2.65 bits per heavy atom. The number of benzene rings is 2. The van der Waals surface area contributed by atoms with Crippen LogP contribution >= 0.6 is 47.8 Å². The van der Waals surface area contributed by atoms with Crippen molar-refractivity contribution < 1.29 is 19.4 Å². The number of ether oxygens (including phenoxy) is 2. The first-order valence-electron chi connectivity index (χ1n) is 8.92. The van der Waals surface area contributed by atoms with Gasteiger partial charge in [-0.2, -0.15) is 9.78 Å². The lowest BCUT2D eigenvalue weighted by atomic mass is 10.2. The van der Waals surface area contributed by atoms with Crippen molar-refractivity contribution in [3.63, 3.8) is 0 Å². The first-order chi connectivity index (χ1) is 14.8. The maximum Gasteiger partial charge on any atom is 0.341 e. The number of hydrogen-bond acceptors (Lipinski definition) is 6. The molecule has 0 unspecified atom stereocenters. The molecule has 0 amide bonds. The quantitative estimate of drug-likeness (QED) is 0.389. The number of rotatable bonds is 7. The first-order valence-corrected chi connectivity index (χ1v) is 11.3. The second-order valence-corrected chi connectivity index (χ2v) is 8.71. The summed E-state index contributed by atoms with van der Waals surface area (Å²) in [7, 11) is 1.44. The van der Waals surface area contributed by atoms with E-state index < -0.39 is 12.6 Å². The molecule has 0 fully saturated rings. The Morgan fingerprint density at radius 1 is 1.26 bits per heavy atom. The van der Waals surface area contributed by atoms with Crippen molar-refractivity contribution in [1.82, 2.24) is 9.66 Å². The van der Waals surface area contributed by atoms with E-state index in [0.717, 1.165) is 4.47 Å². The van der Waals surface area contributed by atoms with Gasteiger partial charge in [-0.05, 0) is 56.1 Å². The van der Waals surface area contributed by atoms with Crippen LogP contribution in [0, 0.1) is 0 Å². The lowest BCUT2D eigenvalue weighted by Crippen LogP contribution is -2.22. The highest BCUT2D eigenvalue weighted by molar-refractivity contribution is 9.13. The van der Waals surface area contributed by atoms with Crippen molar-refractivity contribution in [3.8, 4) is 11.5 Å². The lowest BCUT2D eigenvalue weighted by molar-refractivity contribution is -0.139. The lowest BCUT2D eigenvalue weighted by Gasteiger charge is -2.14. The number of carbonyl (C=O) groups is 1. The monoisotopic (exact) mass is 615 g/mol. The van der Waals surface area contributed by atoms with E-state index in [-0.39, 0.29) is 11.3 Å². The van der Waals surface area contributed by atoms with Crippen molar-refractivity contribution in [2.75, 3.05) is 13.7 Å². The fourth-order valence-electron chi connectivity index (χ4n) is 2.78. The van der Waals surface area contributed by atoms with Gasteiger partial charge in [-0.25, -0.2) is 9.78 Å². The van der Waals surface area contributed by atoms with Gasteiger partial charge < -0.3 is 14.6 Å². The Morgan fingerprint density at radius 2 is 2.00 bits per heavy atom. The molecule has 1 aromatic heterocycles. The standard InChI is InChI=1S/C20H16Br3N3O5/c1-3-15-25-13-5-4-11(21)7-12(13)20(29)26(15)24-8-10-6-14(30-2)19(18(23)17(10)22)31-9-16(27)28/h4-8H,3,9H2,1-2H3,(H,27,28). The van der Waals surface area contributed by atoms with Crippen molar-refractivity contribution in [2.24, 2.45) is 5.10 Å². The first kappa shape index (κ1) is 23.4. The van der Waals surface area contributed by atoms with Gasteiger partial charge in [-0.15, -0.1) is 0 Å². The molecular weight excluding hydrogens is 602 g/mol. The van der Waals surface area contributed by atoms with Gasteiger partial charge in [0.05, 0.1) is 28.7 Å². The molecule has 0 aliphatic rings. The molecule has 1 heterocycles. The maximum atomic E-state index is 13.0. The molecule has 2 aromatic carbocycles. The molecule has 0 aliphatic carbocycles. The third-order valence-electron chi connectivity index (χ3n) is 4.22. The summed E-state index contributed by atoms with van der Waals surface area (Å²) in [6, 6.07) is 6.94. The van der Waals surface area contributed by atoms with E-state index in [1.165, 1.54) is 18.0 Å². The topological polar surface area (TPSA) is 103 Å². The van der Waals surface area contributed by atoms with Crippen molar-refractivity contribution in [1.29, 1.82) is 0 Å². The Hall–Kier alpha value is -2.24. The molecule has 0 saturated carbocycles. The minimum absolute atomic E-state index is 0.234. The van der Waals surface area contributed by atoms with E-state index >= 15 is 0 Å². The summed E-state index contributed by atoms with van der Waals surface area (Å²) in [5, 5.41) is 13.7. The van der Waals surface area contributed by atoms with Gasteiger partial charge in [0.1, 0.15) is 5.82 Å². The molecule has 0 saturated heterocycles. The van der Waals surface area contributed by atoms with Crippen molar-refractivity contribution >= 4 is 70.9 Å². The van der Waals surface area contributed by atoms with Crippen LogP contribution < -0.4 is 15.0 Å². The number of aromatic nitrogens is 2. The van der Waals surface area contributed by atoms with E-state index in [0.29, 0.717) is 43.4 Å². The van der Waals surface area contributed by atoms with Crippen LogP contribution in [-0.2, 0) is 11.2 Å². The summed E-state index contributed by atoms with van der Waals surface area (Å²) >= 11 is 10.2. The Bertz CT molecular complexity index is 1260. The normalized spacial score (nSPS) is 11.3. The number of halogens is 3. The number of methoxy groups -OCH3 is 1. The summed E-state index contributed by atoms with van der Waals surface area (Å²) in [6.45, 7) is 1.37. The van der Waals surface area contributed by atoms with E-state index in [1.54, 1.807) is 18.2 Å². The molecule has 31 heavy (non-hydrogen) atoms. The molecule has 0 bridgehead atoms. The van der Waals surface area contributed by atoms with Crippen LogP contribution in [0.3, 0.4) is 0 Å². The van der Waals surface area contributed by atoms with Crippen LogP contribution in [0.1, 0.15) is 18.3 Å². The fourth-order valence-corrected chi connectivity index (χ4v) is 4.08. The summed E-state index contributed by atoms with van der Waals surface area (Å²) in [5.41, 5.74) is 0.889. The number of aryl methyl sites for hydroxylation is 1. The molecule has 3 rings (SSSR count). The number of carboxylic acids is 1. The third kappa shape index (κ3) is 4.99. The Balaban J connectivity index is 2.10. The Kier molecular flexibility index (Phi) is 7.50. The SMILES string of the molecule is CCc1nc2ccc(Br)cc2c(=O)n1N=Cc1cc(OC)c(OCC(=O)O)c(Br)c1Br. The molecule has 0 atom stereocenters. The number of fused-ring (bicyclic) bond motifs is 1. The molecule has 0 radical (unpaired) electrons. The second-order valence-electron chi connectivity index (χ2n) is 6.21. The van der Waals surface area contributed by atoms with Crippen LogP contribution in [0.5, 0.6) is 11.5 Å². The number of hydrogen-bond donors (Lipinski definition) is 1. The number of carboxylic acid groups (broad SMARTS) is 1. The van der Waals surface area contributed by atoms with Gasteiger partial charge in [0.2, 0.25) is 0 Å². The van der Waals surface area contributed by atoms with E-state index in [4.69, 9.17) is 14.6 Å².